The number of allylic oxidation sites excluding steroid dienone is 1. The van der Waals surface area contributed by atoms with E-state index in [9.17, 15) is 50.5 Å². The molecule has 0 aliphatic carbocycles. The number of hydrogen-bond acceptors (Lipinski definition) is 11. The van der Waals surface area contributed by atoms with E-state index in [1.807, 2.05) is 6.07 Å². The fourth-order valence-electron chi connectivity index (χ4n) is 7.88. The quantitative estimate of drug-likeness (QED) is 0.0198. The number of rotatable bonds is 22. The minimum absolute atomic E-state index is 0.0447. The summed E-state index contributed by atoms with van der Waals surface area (Å²) in [5.41, 5.74) is -1.59. The third kappa shape index (κ3) is 10.7. The van der Waals surface area contributed by atoms with Gasteiger partial charge in [0.25, 0.3) is 20.2 Å². The zero-order valence-corrected chi connectivity index (χ0v) is 35.2. The fraction of sp³-hybridized carbons (Fsp3) is 0.476. The molecule has 1 unspecified atom stereocenters. The Bertz CT molecular complexity index is 2600. The number of carboxylic acid groups (broad SMARTS) is 1. The van der Waals surface area contributed by atoms with Gasteiger partial charge in [0.2, 0.25) is 5.69 Å². The molecule has 0 amide bonds. The zero-order valence-electron chi connectivity index (χ0n) is 33.6. The van der Waals surface area contributed by atoms with E-state index >= 15 is 0 Å². The highest BCUT2D eigenvalue weighted by Crippen LogP contribution is 2.45. The molecule has 0 saturated carbocycles. The lowest BCUT2D eigenvalue weighted by atomic mass is 9.75. The Morgan fingerprint density at radius 2 is 1.53 bits per heavy atom. The lowest BCUT2D eigenvalue weighted by Gasteiger charge is -2.25. The Morgan fingerprint density at radius 3 is 2.14 bits per heavy atom. The number of unbranched alkanes of at least 4 members (excludes halogenated alkanes) is 6. The summed E-state index contributed by atoms with van der Waals surface area (Å²) in [6, 6.07) is 9.11. The Kier molecular flexibility index (Phi) is 14.6. The summed E-state index contributed by atoms with van der Waals surface area (Å²) in [6.07, 6.45) is 11.2. The Balaban J connectivity index is 1.61. The molecule has 2 aromatic heterocycles. The molecule has 320 valence electrons. The molecule has 5 rings (SSSR count). The van der Waals surface area contributed by atoms with Crippen molar-refractivity contribution < 1.29 is 54.4 Å². The third-order valence-electron chi connectivity index (χ3n) is 10.9. The number of aliphatic carboxylic acids is 1. The Hall–Kier alpha value is -4.84. The molecule has 4 N–H and O–H groups in total. The molecule has 1 atom stereocenters. The average molecular weight is 858 g/mol. The topological polar surface area (TPSA) is 233 Å². The van der Waals surface area contributed by atoms with Crippen molar-refractivity contribution in [2.24, 2.45) is 0 Å². The van der Waals surface area contributed by atoms with Crippen molar-refractivity contribution in [2.45, 2.75) is 108 Å². The van der Waals surface area contributed by atoms with Crippen molar-refractivity contribution >= 4 is 71.3 Å². The number of aromatic hydroxyl groups is 1. The minimum atomic E-state index is -4.69. The molecule has 0 radical (unpaired) electrons. The summed E-state index contributed by atoms with van der Waals surface area (Å²) in [7, 11) is -9.06. The zero-order chi connectivity index (χ0) is 43.1. The molecule has 2 aromatic carbocycles. The standard InChI is InChI=1S/C42H52N2O13S2/c1-4-6-8-10-22-43(23-11-9-7-5-2)28-15-17-30-34(26-28)56-41(49)37-38(47)31(40(48)57-39(30)37)18-20-35-42(3,21-12-14-36(45)46)32-27-29(59(53,54)55)16-19-33(32)44(35)24-13-25-58(50,51)52/h15-20,26-27H,4-14,21-25H2,1-3H3,(H3,45,46,50,51,52,53,54,55)/p+1. The summed E-state index contributed by atoms with van der Waals surface area (Å²) in [5, 5.41) is 20.9. The molecule has 0 saturated heterocycles. The van der Waals surface area contributed by atoms with Gasteiger partial charge in [0.15, 0.2) is 11.3 Å². The van der Waals surface area contributed by atoms with Crippen molar-refractivity contribution in [1.29, 1.82) is 0 Å². The number of carboxylic acids is 1. The van der Waals surface area contributed by atoms with Gasteiger partial charge in [0.1, 0.15) is 28.8 Å². The first kappa shape index (κ1) is 45.2. The third-order valence-corrected chi connectivity index (χ3v) is 12.6. The Morgan fingerprint density at radius 1 is 0.847 bits per heavy atom. The molecule has 1 aliphatic heterocycles. The first-order valence-electron chi connectivity index (χ1n) is 20.0. The highest BCUT2D eigenvalue weighted by molar-refractivity contribution is 7.86. The average Bonchev–Trinajstić information content (AvgIpc) is 3.38. The molecule has 3 heterocycles. The summed E-state index contributed by atoms with van der Waals surface area (Å²) in [6.45, 7) is 7.61. The molecule has 0 bridgehead atoms. The van der Waals surface area contributed by atoms with Gasteiger partial charge < -0.3 is 23.9 Å². The lowest BCUT2D eigenvalue weighted by Crippen LogP contribution is -2.32. The van der Waals surface area contributed by atoms with Crippen LogP contribution in [0.1, 0.15) is 109 Å². The molecule has 59 heavy (non-hydrogen) atoms. The van der Waals surface area contributed by atoms with Gasteiger partial charge in [-0.1, -0.05) is 52.4 Å². The van der Waals surface area contributed by atoms with Gasteiger partial charge in [-0.3, -0.25) is 13.9 Å². The van der Waals surface area contributed by atoms with Crippen LogP contribution in [0.2, 0.25) is 0 Å². The van der Waals surface area contributed by atoms with E-state index < -0.39 is 64.8 Å². The molecule has 1 aliphatic rings. The van der Waals surface area contributed by atoms with Crippen LogP contribution in [0.3, 0.4) is 0 Å². The molecular formula is C42H53N2O13S2+. The van der Waals surface area contributed by atoms with Crippen LogP contribution in [0, 0.1) is 0 Å². The van der Waals surface area contributed by atoms with Crippen LogP contribution in [0.4, 0.5) is 11.4 Å². The van der Waals surface area contributed by atoms with Gasteiger partial charge in [0, 0.05) is 55.4 Å². The fourth-order valence-corrected chi connectivity index (χ4v) is 8.88. The van der Waals surface area contributed by atoms with Crippen molar-refractivity contribution in [3.05, 3.63) is 74.4 Å². The predicted octanol–water partition coefficient (Wildman–Crippen LogP) is 7.42. The van der Waals surface area contributed by atoms with Crippen LogP contribution in [-0.4, -0.2) is 77.8 Å². The molecule has 0 spiro atoms. The maximum absolute atomic E-state index is 13.7. The van der Waals surface area contributed by atoms with Gasteiger partial charge in [-0.25, -0.2) is 9.59 Å². The second kappa shape index (κ2) is 19.0. The van der Waals surface area contributed by atoms with Crippen molar-refractivity contribution in [3.63, 3.8) is 0 Å². The highest BCUT2D eigenvalue weighted by atomic mass is 32.2. The van der Waals surface area contributed by atoms with E-state index in [1.54, 1.807) is 23.6 Å². The predicted molar refractivity (Wildman–Crippen MR) is 226 cm³/mol. The lowest BCUT2D eigenvalue weighted by molar-refractivity contribution is -0.437. The van der Waals surface area contributed by atoms with Gasteiger partial charge in [-0.05, 0) is 62.9 Å². The number of hydrogen-bond donors (Lipinski definition) is 4. The largest absolute Gasteiger partial charge is 0.506 e. The Labute approximate surface area is 343 Å². The number of nitrogens with zero attached hydrogens (tertiary/aromatic N) is 2. The van der Waals surface area contributed by atoms with Crippen molar-refractivity contribution in [3.8, 4) is 5.75 Å². The van der Waals surface area contributed by atoms with E-state index in [0.29, 0.717) is 22.3 Å². The second-order valence-electron chi connectivity index (χ2n) is 15.3. The van der Waals surface area contributed by atoms with E-state index in [2.05, 4.69) is 18.7 Å². The monoisotopic (exact) mass is 857 g/mol. The first-order chi connectivity index (χ1) is 27.9. The van der Waals surface area contributed by atoms with Crippen LogP contribution in [0.15, 0.2) is 65.8 Å². The van der Waals surface area contributed by atoms with Crippen LogP contribution in [-0.2, 0) is 30.4 Å². The van der Waals surface area contributed by atoms with E-state index in [1.165, 1.54) is 24.3 Å². The van der Waals surface area contributed by atoms with Crippen LogP contribution in [0.5, 0.6) is 5.75 Å². The van der Waals surface area contributed by atoms with Gasteiger partial charge in [-0.15, -0.1) is 0 Å². The molecule has 0 fully saturated rings. The van der Waals surface area contributed by atoms with Crippen molar-refractivity contribution in [2.75, 3.05) is 30.3 Å². The summed E-state index contributed by atoms with van der Waals surface area (Å²) < 4.78 is 80.1. The van der Waals surface area contributed by atoms with Crippen LogP contribution >= 0.6 is 0 Å². The van der Waals surface area contributed by atoms with Gasteiger partial charge in [0.05, 0.1) is 21.4 Å². The second-order valence-corrected chi connectivity index (χ2v) is 18.3. The van der Waals surface area contributed by atoms with E-state index in [-0.39, 0.29) is 48.8 Å². The normalized spacial score (nSPS) is 15.8. The van der Waals surface area contributed by atoms with Gasteiger partial charge in [-0.2, -0.15) is 21.4 Å². The first-order valence-corrected chi connectivity index (χ1v) is 23.1. The summed E-state index contributed by atoms with van der Waals surface area (Å²) in [4.78, 5) is 40.6. The van der Waals surface area contributed by atoms with E-state index in [0.717, 1.165) is 76.2 Å². The summed E-state index contributed by atoms with van der Waals surface area (Å²) >= 11 is 0. The molecular weight excluding hydrogens is 805 g/mol. The maximum atomic E-state index is 13.7. The molecule has 17 heteroatoms. The SMILES string of the molecule is CCCCCCN(CCCCCC)c1ccc2c(c1)oc(=O)c1c(O)c(C=CC3=[N+](CCCS(=O)(=O)O)c4ccc(S(=O)(=O)O)cc4C3(C)CCCC(=O)O)c(=O)oc12. The molecule has 15 nitrogen and oxygen atoms in total. The minimum Gasteiger partial charge on any atom is -0.506 e. The number of fused-ring (bicyclic) bond motifs is 4. The smallest absolute Gasteiger partial charge is 0.351 e. The van der Waals surface area contributed by atoms with Crippen molar-refractivity contribution in [1.82, 2.24) is 0 Å². The van der Waals surface area contributed by atoms with E-state index in [4.69, 9.17) is 8.83 Å². The number of carbonyl (C=O) groups is 1. The van der Waals surface area contributed by atoms with Gasteiger partial charge >= 0.3 is 17.2 Å². The molecule has 4 aromatic rings. The highest BCUT2D eigenvalue weighted by Gasteiger charge is 2.48. The maximum Gasteiger partial charge on any atom is 0.351 e. The number of anilines is 1. The van der Waals surface area contributed by atoms with Crippen LogP contribution < -0.4 is 16.2 Å². The summed E-state index contributed by atoms with van der Waals surface area (Å²) in [5.74, 6) is -2.41. The van der Waals surface area contributed by atoms with Crippen LogP contribution in [0.25, 0.3) is 28.0 Å². The number of benzene rings is 2.